The van der Waals surface area contributed by atoms with Gasteiger partial charge in [-0.25, -0.2) is 18.5 Å². The van der Waals surface area contributed by atoms with Crippen LogP contribution in [0.1, 0.15) is 29.5 Å². The van der Waals surface area contributed by atoms with Gasteiger partial charge in [0.15, 0.2) is 0 Å². The summed E-state index contributed by atoms with van der Waals surface area (Å²) in [6.45, 7) is 0. The molecule has 0 radical (unpaired) electrons. The molecule has 0 spiro atoms. The van der Waals surface area contributed by atoms with Gasteiger partial charge in [0.1, 0.15) is 11.6 Å². The number of benzene rings is 1. The van der Waals surface area contributed by atoms with Crippen LogP contribution >= 0.6 is 11.3 Å². The summed E-state index contributed by atoms with van der Waals surface area (Å²) >= 11 is 1.53. The van der Waals surface area contributed by atoms with Crippen LogP contribution in [0.5, 0.6) is 0 Å². The summed E-state index contributed by atoms with van der Waals surface area (Å²) in [5.41, 5.74) is 0.863. The minimum absolute atomic E-state index is 0.0587. The molecule has 1 fully saturated rings. The van der Waals surface area contributed by atoms with E-state index in [9.17, 15) is 18.5 Å². The smallest absolute Gasteiger partial charge is 0.266 e. The fourth-order valence-electron chi connectivity index (χ4n) is 2.11. The van der Waals surface area contributed by atoms with Gasteiger partial charge in [-0.1, -0.05) is 0 Å². The fraction of sp³-hybridized carbons (Fsp3) is 0.188. The van der Waals surface area contributed by atoms with Crippen molar-refractivity contribution in [3.05, 3.63) is 45.9 Å². The Balaban J connectivity index is 1.73. The number of aromatic nitrogens is 1. The van der Waals surface area contributed by atoms with Crippen LogP contribution < -0.4 is 10.5 Å². The van der Waals surface area contributed by atoms with Crippen molar-refractivity contribution in [3.63, 3.8) is 0 Å². The van der Waals surface area contributed by atoms with E-state index in [2.05, 4.69) is 10.3 Å². The van der Waals surface area contributed by atoms with Crippen molar-refractivity contribution in [2.45, 2.75) is 23.7 Å². The average molecular weight is 374 g/mol. The van der Waals surface area contributed by atoms with Crippen LogP contribution in [0.2, 0.25) is 0 Å². The third-order valence-corrected chi connectivity index (χ3v) is 5.52. The van der Waals surface area contributed by atoms with Gasteiger partial charge in [0.2, 0.25) is 10.0 Å². The number of hydrogen-bond donors (Lipinski definition) is 2. The number of amides is 1. The van der Waals surface area contributed by atoms with Crippen LogP contribution in [-0.2, 0) is 14.8 Å². The quantitative estimate of drug-likeness (QED) is 0.613. The summed E-state index contributed by atoms with van der Waals surface area (Å²) in [6.07, 6.45) is 3.71. The van der Waals surface area contributed by atoms with E-state index in [4.69, 9.17) is 5.14 Å². The normalized spacial score (nSPS) is 14.8. The Labute approximate surface area is 148 Å². The third kappa shape index (κ3) is 4.30. The maximum atomic E-state index is 12.2. The number of primary sulfonamides is 1. The van der Waals surface area contributed by atoms with Gasteiger partial charge in [0, 0.05) is 17.0 Å². The Morgan fingerprint density at radius 2 is 2.04 bits per heavy atom. The molecule has 0 atom stereocenters. The van der Waals surface area contributed by atoms with Crippen molar-refractivity contribution in [2.24, 2.45) is 5.14 Å². The number of nitriles is 1. The van der Waals surface area contributed by atoms with Crippen molar-refractivity contribution >= 4 is 39.0 Å². The van der Waals surface area contributed by atoms with Gasteiger partial charge >= 0.3 is 0 Å². The lowest BCUT2D eigenvalue weighted by atomic mass is 10.2. The summed E-state index contributed by atoms with van der Waals surface area (Å²) in [6, 6.07) is 7.23. The molecule has 0 unspecified atom stereocenters. The summed E-state index contributed by atoms with van der Waals surface area (Å²) in [5, 5.41) is 19.6. The molecule has 0 aliphatic heterocycles. The Bertz CT molecular complexity index is 981. The van der Waals surface area contributed by atoms with Crippen molar-refractivity contribution in [1.82, 2.24) is 4.98 Å². The number of sulfonamides is 1. The van der Waals surface area contributed by atoms with Crippen LogP contribution in [0.25, 0.3) is 6.08 Å². The molecular weight excluding hydrogens is 360 g/mol. The zero-order valence-electron chi connectivity index (χ0n) is 13.0. The maximum Gasteiger partial charge on any atom is 0.266 e. The first-order chi connectivity index (χ1) is 11.9. The lowest BCUT2D eigenvalue weighted by Crippen LogP contribution is -2.14. The van der Waals surface area contributed by atoms with Crippen molar-refractivity contribution in [3.8, 4) is 6.07 Å². The summed E-state index contributed by atoms with van der Waals surface area (Å²) in [4.78, 5) is 16.6. The molecule has 1 saturated carbocycles. The molecule has 7 nitrogen and oxygen atoms in total. The average Bonchev–Trinajstić information content (AvgIpc) is 3.31. The van der Waals surface area contributed by atoms with Crippen LogP contribution in [0.15, 0.2) is 40.1 Å². The second-order valence-electron chi connectivity index (χ2n) is 5.58. The molecule has 1 aromatic heterocycles. The Hall–Kier alpha value is -2.54. The second-order valence-corrected chi connectivity index (χ2v) is 8.03. The van der Waals surface area contributed by atoms with Crippen molar-refractivity contribution in [1.29, 1.82) is 5.26 Å². The van der Waals surface area contributed by atoms with Gasteiger partial charge in [-0.15, -0.1) is 11.3 Å². The van der Waals surface area contributed by atoms with Gasteiger partial charge in [-0.3, -0.25) is 4.79 Å². The van der Waals surface area contributed by atoms with Crippen molar-refractivity contribution < 1.29 is 13.2 Å². The number of anilines is 1. The topological polar surface area (TPSA) is 126 Å². The van der Waals surface area contributed by atoms with E-state index in [0.29, 0.717) is 17.3 Å². The zero-order chi connectivity index (χ0) is 18.0. The molecule has 1 heterocycles. The molecule has 1 aliphatic rings. The lowest BCUT2D eigenvalue weighted by molar-refractivity contribution is -0.112. The maximum absolute atomic E-state index is 12.2. The Morgan fingerprint density at radius 1 is 1.36 bits per heavy atom. The first-order valence-electron chi connectivity index (χ1n) is 7.38. The number of carbonyl (C=O) groups excluding carboxylic acids is 1. The summed E-state index contributed by atoms with van der Waals surface area (Å²) in [5.74, 6) is -0.0734. The largest absolute Gasteiger partial charge is 0.321 e. The number of hydrogen-bond acceptors (Lipinski definition) is 6. The Kier molecular flexibility index (Phi) is 4.67. The van der Waals surface area contributed by atoms with Crippen LogP contribution in [0.3, 0.4) is 0 Å². The monoisotopic (exact) mass is 374 g/mol. The number of nitrogens with one attached hydrogen (secondary N) is 1. The predicted molar refractivity (Wildman–Crippen MR) is 94.1 cm³/mol. The van der Waals surface area contributed by atoms with Gasteiger partial charge in [0.05, 0.1) is 15.6 Å². The SMILES string of the molecule is N#CC(=Cc1csc(C2CC2)n1)C(=O)Nc1ccc(S(N)(=O)=O)cc1. The second kappa shape index (κ2) is 6.76. The van der Waals surface area contributed by atoms with Gasteiger partial charge in [0.25, 0.3) is 5.91 Å². The first kappa shape index (κ1) is 17.3. The van der Waals surface area contributed by atoms with Crippen molar-refractivity contribution in [2.75, 3.05) is 5.32 Å². The van der Waals surface area contributed by atoms with Gasteiger partial charge in [-0.2, -0.15) is 5.26 Å². The molecule has 2 aromatic rings. The molecule has 128 valence electrons. The van der Waals surface area contributed by atoms with Gasteiger partial charge < -0.3 is 5.32 Å². The molecule has 1 aromatic carbocycles. The molecule has 0 bridgehead atoms. The molecule has 3 rings (SSSR count). The van der Waals surface area contributed by atoms with E-state index >= 15 is 0 Å². The molecule has 25 heavy (non-hydrogen) atoms. The number of thiazole rings is 1. The highest BCUT2D eigenvalue weighted by Crippen LogP contribution is 2.41. The zero-order valence-corrected chi connectivity index (χ0v) is 14.6. The van der Waals surface area contributed by atoms with Gasteiger partial charge in [-0.05, 0) is 43.2 Å². The highest BCUT2D eigenvalue weighted by atomic mass is 32.2. The number of carbonyl (C=O) groups is 1. The fourth-order valence-corrected chi connectivity index (χ4v) is 3.57. The summed E-state index contributed by atoms with van der Waals surface area (Å²) in [7, 11) is -3.79. The first-order valence-corrected chi connectivity index (χ1v) is 9.81. The van der Waals surface area contributed by atoms with E-state index in [0.717, 1.165) is 17.8 Å². The highest BCUT2D eigenvalue weighted by Gasteiger charge is 2.26. The van der Waals surface area contributed by atoms with Crippen LogP contribution in [-0.4, -0.2) is 19.3 Å². The number of nitrogens with zero attached hydrogens (tertiary/aromatic N) is 2. The lowest BCUT2D eigenvalue weighted by Gasteiger charge is -2.05. The highest BCUT2D eigenvalue weighted by molar-refractivity contribution is 7.89. The summed E-state index contributed by atoms with van der Waals surface area (Å²) < 4.78 is 22.4. The Morgan fingerprint density at radius 3 is 2.60 bits per heavy atom. The third-order valence-electron chi connectivity index (χ3n) is 3.56. The molecule has 1 amide bonds. The molecule has 9 heteroatoms. The molecule has 0 saturated heterocycles. The van der Waals surface area contributed by atoms with Crippen LogP contribution in [0, 0.1) is 11.3 Å². The minimum Gasteiger partial charge on any atom is -0.321 e. The standard InChI is InChI=1S/C16H14N4O3S2/c17-8-11(7-13-9-24-16(20-13)10-1-2-10)15(21)19-12-3-5-14(6-4-12)25(18,22)23/h3-7,9-10H,1-2H2,(H,19,21)(H2,18,22,23). The van der Waals surface area contributed by atoms with Crippen LogP contribution in [0.4, 0.5) is 5.69 Å². The van der Waals surface area contributed by atoms with E-state index < -0.39 is 15.9 Å². The number of rotatable bonds is 5. The predicted octanol–water partition coefficient (Wildman–Crippen LogP) is 2.21. The van der Waals surface area contributed by atoms with E-state index in [1.54, 1.807) is 0 Å². The molecule has 3 N–H and O–H groups in total. The van der Waals surface area contributed by atoms with E-state index in [-0.39, 0.29) is 10.5 Å². The minimum atomic E-state index is -3.79. The van der Waals surface area contributed by atoms with E-state index in [1.165, 1.54) is 41.7 Å². The number of nitrogens with two attached hydrogens (primary N) is 1. The molecule has 1 aliphatic carbocycles. The molecular formula is C16H14N4O3S2. The van der Waals surface area contributed by atoms with E-state index in [1.807, 2.05) is 11.4 Å².